The molecule has 0 fully saturated rings. The van der Waals surface area contributed by atoms with E-state index in [4.69, 9.17) is 5.73 Å². The Morgan fingerprint density at radius 1 is 1.15 bits per heavy atom. The second-order valence-electron chi connectivity index (χ2n) is 5.90. The topological polar surface area (TPSA) is 92.5 Å². The molecule has 0 bridgehead atoms. The molecule has 0 spiro atoms. The predicted molar refractivity (Wildman–Crippen MR) is 107 cm³/mol. The Morgan fingerprint density at radius 2 is 1.81 bits per heavy atom. The van der Waals surface area contributed by atoms with Crippen molar-refractivity contribution < 1.29 is 13.2 Å². The molecule has 1 amide bonds. The van der Waals surface area contributed by atoms with Gasteiger partial charge >= 0.3 is 0 Å². The first-order valence-corrected chi connectivity index (χ1v) is 9.44. The Kier molecular flexibility index (Phi) is 8.08. The number of carbonyl (C=O) groups is 1. The van der Waals surface area contributed by atoms with Crippen LogP contribution in [0.4, 0.5) is 11.4 Å². The third kappa shape index (κ3) is 5.72. The minimum atomic E-state index is -3.71. The van der Waals surface area contributed by atoms with E-state index in [0.29, 0.717) is 24.2 Å². The van der Waals surface area contributed by atoms with Crippen LogP contribution >= 0.6 is 12.4 Å². The molecule has 6 nitrogen and oxygen atoms in total. The number of nitrogens with one attached hydrogen (secondary N) is 1. The van der Waals surface area contributed by atoms with E-state index in [2.05, 4.69) is 5.32 Å². The lowest BCUT2D eigenvalue weighted by Crippen LogP contribution is -2.26. The van der Waals surface area contributed by atoms with Gasteiger partial charge in [0, 0.05) is 25.2 Å². The van der Waals surface area contributed by atoms with Gasteiger partial charge in [-0.2, -0.15) is 0 Å². The first-order valence-electron chi connectivity index (χ1n) is 8.00. The van der Waals surface area contributed by atoms with Crippen molar-refractivity contribution >= 4 is 39.7 Å². The molecule has 2 aromatic rings. The molecule has 3 N–H and O–H groups in total. The number of carbonyl (C=O) groups excluding carboxylic acids is 1. The number of nitrogens with zero attached hydrogens (tertiary/aromatic N) is 1. The molecule has 0 saturated heterocycles. The van der Waals surface area contributed by atoms with Crippen molar-refractivity contribution in [3.63, 3.8) is 0 Å². The van der Waals surface area contributed by atoms with Crippen LogP contribution in [-0.2, 0) is 14.8 Å². The number of para-hydroxylation sites is 1. The normalized spacial score (nSPS) is 12.0. The quantitative estimate of drug-likeness (QED) is 0.751. The van der Waals surface area contributed by atoms with Gasteiger partial charge in [-0.05, 0) is 43.7 Å². The lowest BCUT2D eigenvalue weighted by molar-refractivity contribution is -0.116. The van der Waals surface area contributed by atoms with Gasteiger partial charge in [-0.25, -0.2) is 8.42 Å². The SMILES string of the molecule is CC(N)CCC(=O)Nc1cccc(S(=O)(=O)N(C)c2ccccc2)c1.Cl. The summed E-state index contributed by atoms with van der Waals surface area (Å²) in [7, 11) is -2.22. The fraction of sp³-hybridized carbons (Fsp3) is 0.278. The van der Waals surface area contributed by atoms with Crippen LogP contribution in [0.3, 0.4) is 0 Å². The maximum Gasteiger partial charge on any atom is 0.264 e. The number of anilines is 2. The van der Waals surface area contributed by atoms with Crippen LogP contribution < -0.4 is 15.4 Å². The number of sulfonamides is 1. The predicted octanol–water partition coefficient (Wildman–Crippen LogP) is 3.00. The molecule has 0 aliphatic rings. The molecule has 142 valence electrons. The highest BCUT2D eigenvalue weighted by atomic mass is 35.5. The average Bonchev–Trinajstić information content (AvgIpc) is 2.60. The summed E-state index contributed by atoms with van der Waals surface area (Å²) in [5, 5.41) is 2.71. The maximum atomic E-state index is 12.8. The van der Waals surface area contributed by atoms with Gasteiger partial charge in [0.2, 0.25) is 5.91 Å². The Balaban J connectivity index is 0.00000338. The molecule has 26 heavy (non-hydrogen) atoms. The summed E-state index contributed by atoms with van der Waals surface area (Å²) >= 11 is 0. The fourth-order valence-electron chi connectivity index (χ4n) is 2.25. The summed E-state index contributed by atoms with van der Waals surface area (Å²) in [5.41, 5.74) is 6.64. The summed E-state index contributed by atoms with van der Waals surface area (Å²) in [6, 6.07) is 15.0. The van der Waals surface area contributed by atoms with Crippen LogP contribution in [0.15, 0.2) is 59.5 Å². The van der Waals surface area contributed by atoms with Crippen molar-refractivity contribution in [2.24, 2.45) is 5.73 Å². The zero-order chi connectivity index (χ0) is 18.4. The molecule has 2 aromatic carbocycles. The molecule has 8 heteroatoms. The van der Waals surface area contributed by atoms with Crippen LogP contribution in [0.2, 0.25) is 0 Å². The van der Waals surface area contributed by atoms with Crippen LogP contribution in [0, 0.1) is 0 Å². The van der Waals surface area contributed by atoms with E-state index in [0.717, 1.165) is 0 Å². The molecule has 0 radical (unpaired) electrons. The van der Waals surface area contributed by atoms with Crippen molar-refractivity contribution in [2.45, 2.75) is 30.7 Å². The van der Waals surface area contributed by atoms with E-state index < -0.39 is 10.0 Å². The summed E-state index contributed by atoms with van der Waals surface area (Å²) in [6.45, 7) is 1.83. The molecule has 0 heterocycles. The van der Waals surface area contributed by atoms with Crippen molar-refractivity contribution in [3.05, 3.63) is 54.6 Å². The number of rotatable bonds is 7. The highest BCUT2D eigenvalue weighted by Crippen LogP contribution is 2.23. The zero-order valence-corrected chi connectivity index (χ0v) is 16.4. The summed E-state index contributed by atoms with van der Waals surface area (Å²) in [5.74, 6) is -0.191. The average molecular weight is 398 g/mol. The van der Waals surface area contributed by atoms with Gasteiger partial charge in [0.1, 0.15) is 0 Å². The smallest absolute Gasteiger partial charge is 0.264 e. The van der Waals surface area contributed by atoms with E-state index in [1.165, 1.54) is 23.5 Å². The molecule has 0 aliphatic carbocycles. The molecule has 1 unspecified atom stereocenters. The molecule has 2 rings (SSSR count). The molecule has 0 aromatic heterocycles. The van der Waals surface area contributed by atoms with Crippen molar-refractivity contribution in [1.82, 2.24) is 0 Å². The Morgan fingerprint density at radius 3 is 2.42 bits per heavy atom. The first-order chi connectivity index (χ1) is 11.8. The Labute approximate surface area is 160 Å². The van der Waals surface area contributed by atoms with Crippen molar-refractivity contribution in [1.29, 1.82) is 0 Å². The van der Waals surface area contributed by atoms with Gasteiger partial charge in [0.15, 0.2) is 0 Å². The van der Waals surface area contributed by atoms with Crippen LogP contribution in [0.5, 0.6) is 0 Å². The van der Waals surface area contributed by atoms with Crippen LogP contribution in [0.1, 0.15) is 19.8 Å². The molecule has 0 saturated carbocycles. The number of benzene rings is 2. The van der Waals surface area contributed by atoms with Gasteiger partial charge in [-0.3, -0.25) is 9.10 Å². The van der Waals surface area contributed by atoms with E-state index in [-0.39, 0.29) is 29.3 Å². The third-order valence-electron chi connectivity index (χ3n) is 3.72. The number of hydrogen-bond donors (Lipinski definition) is 2. The number of amides is 1. The largest absolute Gasteiger partial charge is 0.328 e. The second-order valence-corrected chi connectivity index (χ2v) is 7.87. The summed E-state index contributed by atoms with van der Waals surface area (Å²) < 4.78 is 26.8. The Bertz CT molecular complexity index is 827. The van der Waals surface area contributed by atoms with Gasteiger partial charge in [0.25, 0.3) is 10.0 Å². The van der Waals surface area contributed by atoms with Crippen LogP contribution in [0.25, 0.3) is 0 Å². The van der Waals surface area contributed by atoms with Gasteiger partial charge < -0.3 is 11.1 Å². The lowest BCUT2D eigenvalue weighted by atomic mass is 10.2. The van der Waals surface area contributed by atoms with Gasteiger partial charge in [-0.1, -0.05) is 24.3 Å². The maximum absolute atomic E-state index is 12.8. The van der Waals surface area contributed by atoms with Gasteiger partial charge in [0.05, 0.1) is 10.6 Å². The molecule has 0 aliphatic heterocycles. The van der Waals surface area contributed by atoms with E-state index in [1.54, 1.807) is 36.4 Å². The molecular weight excluding hydrogens is 374 g/mol. The zero-order valence-electron chi connectivity index (χ0n) is 14.8. The van der Waals surface area contributed by atoms with Crippen molar-refractivity contribution in [3.8, 4) is 0 Å². The lowest BCUT2D eigenvalue weighted by Gasteiger charge is -2.20. The highest BCUT2D eigenvalue weighted by molar-refractivity contribution is 7.92. The number of nitrogens with two attached hydrogens (primary N) is 1. The van der Waals surface area contributed by atoms with Crippen LogP contribution in [-0.4, -0.2) is 27.4 Å². The third-order valence-corrected chi connectivity index (χ3v) is 5.50. The summed E-state index contributed by atoms with van der Waals surface area (Å²) in [6.07, 6.45) is 0.860. The minimum Gasteiger partial charge on any atom is -0.328 e. The molecule has 1 atom stereocenters. The highest BCUT2D eigenvalue weighted by Gasteiger charge is 2.21. The second kappa shape index (κ2) is 9.56. The minimum absolute atomic E-state index is 0. The van der Waals surface area contributed by atoms with E-state index >= 15 is 0 Å². The first kappa shape index (κ1) is 22.0. The fourth-order valence-corrected chi connectivity index (χ4v) is 3.49. The van der Waals surface area contributed by atoms with E-state index in [1.807, 2.05) is 13.0 Å². The monoisotopic (exact) mass is 397 g/mol. The molecular formula is C18H24ClN3O3S. The Hall–Kier alpha value is -2.09. The van der Waals surface area contributed by atoms with Gasteiger partial charge in [-0.15, -0.1) is 12.4 Å². The number of halogens is 1. The number of hydrogen-bond acceptors (Lipinski definition) is 4. The summed E-state index contributed by atoms with van der Waals surface area (Å²) in [4.78, 5) is 12.0. The van der Waals surface area contributed by atoms with Crippen molar-refractivity contribution in [2.75, 3.05) is 16.7 Å². The standard InChI is InChI=1S/C18H23N3O3S.ClH/c1-14(19)11-12-18(22)20-15-7-6-10-17(13-15)25(23,24)21(2)16-8-4-3-5-9-16;/h3-10,13-14H,11-12,19H2,1-2H3,(H,20,22);1H. The van der Waals surface area contributed by atoms with E-state index in [9.17, 15) is 13.2 Å².